The van der Waals surface area contributed by atoms with Crippen LogP contribution in [0.5, 0.6) is 0 Å². The molecule has 11 heteroatoms. The highest BCUT2D eigenvalue weighted by molar-refractivity contribution is 7.87. The molecule has 0 aliphatic carbocycles. The largest absolute Gasteiger partial charge is 0.471 e. The van der Waals surface area contributed by atoms with Crippen molar-refractivity contribution in [3.05, 3.63) is 35.7 Å². The predicted molar refractivity (Wildman–Crippen MR) is 74.2 cm³/mol. The lowest BCUT2D eigenvalue weighted by Crippen LogP contribution is -2.35. The molecule has 0 spiro atoms. The number of hydrogen-bond donors (Lipinski definition) is 1. The molecule has 2 aromatic rings. The van der Waals surface area contributed by atoms with Crippen LogP contribution in [0.3, 0.4) is 0 Å². The Morgan fingerprint density at radius 2 is 1.87 bits per heavy atom. The van der Waals surface area contributed by atoms with Crippen molar-refractivity contribution >= 4 is 10.2 Å². The van der Waals surface area contributed by atoms with Gasteiger partial charge in [0.1, 0.15) is 0 Å². The molecule has 1 aromatic heterocycles. The van der Waals surface area contributed by atoms with E-state index in [1.54, 1.807) is 12.1 Å². The van der Waals surface area contributed by atoms with Crippen LogP contribution in [0.1, 0.15) is 11.5 Å². The third kappa shape index (κ3) is 4.06. The molecule has 1 N–H and O–H groups in total. The Kier molecular flexibility index (Phi) is 4.73. The minimum atomic E-state index is -4.70. The average Bonchev–Trinajstić information content (AvgIpc) is 2.98. The Bertz CT molecular complexity index is 772. The molecule has 23 heavy (non-hydrogen) atoms. The molecular weight excluding hydrogens is 337 g/mol. The maximum absolute atomic E-state index is 12.4. The van der Waals surface area contributed by atoms with Gasteiger partial charge in [-0.3, -0.25) is 0 Å². The predicted octanol–water partition coefficient (Wildman–Crippen LogP) is 1.65. The molecule has 0 bridgehead atoms. The number of nitrogens with zero attached hydrogens (tertiary/aromatic N) is 3. The van der Waals surface area contributed by atoms with E-state index < -0.39 is 22.3 Å². The van der Waals surface area contributed by atoms with Gasteiger partial charge in [-0.1, -0.05) is 29.4 Å². The number of nitrogens with one attached hydrogen (secondary N) is 1. The first-order valence-electron chi connectivity index (χ1n) is 6.28. The van der Waals surface area contributed by atoms with E-state index in [0.717, 1.165) is 4.31 Å². The molecule has 0 saturated heterocycles. The van der Waals surface area contributed by atoms with Crippen LogP contribution in [0.2, 0.25) is 0 Å². The van der Waals surface area contributed by atoms with Crippen LogP contribution in [0.15, 0.2) is 28.8 Å². The highest BCUT2D eigenvalue weighted by Gasteiger charge is 2.38. The monoisotopic (exact) mass is 350 g/mol. The van der Waals surface area contributed by atoms with Crippen LogP contribution in [0.25, 0.3) is 11.4 Å². The van der Waals surface area contributed by atoms with E-state index in [1.165, 1.54) is 26.2 Å². The van der Waals surface area contributed by atoms with Crippen LogP contribution in [0, 0.1) is 0 Å². The number of aromatic nitrogens is 2. The number of halogens is 3. The van der Waals surface area contributed by atoms with Gasteiger partial charge in [0.25, 0.3) is 10.2 Å². The smallest absolute Gasteiger partial charge is 0.329 e. The van der Waals surface area contributed by atoms with E-state index in [1.807, 2.05) is 0 Å². The lowest BCUT2D eigenvalue weighted by Gasteiger charge is -2.16. The molecular formula is C12H13F3N4O3S. The van der Waals surface area contributed by atoms with E-state index in [4.69, 9.17) is 0 Å². The summed E-state index contributed by atoms with van der Waals surface area (Å²) in [7, 11) is -0.861. The van der Waals surface area contributed by atoms with Crippen molar-refractivity contribution < 1.29 is 26.1 Å². The summed E-state index contributed by atoms with van der Waals surface area (Å²) < 4.78 is 67.8. The first kappa shape index (κ1) is 17.4. The first-order chi connectivity index (χ1) is 10.6. The third-order valence-corrected chi connectivity index (χ3v) is 4.42. The fraction of sp³-hybridized carbons (Fsp3) is 0.333. The molecule has 1 heterocycles. The van der Waals surface area contributed by atoms with E-state index in [-0.39, 0.29) is 12.4 Å². The molecule has 7 nitrogen and oxygen atoms in total. The summed E-state index contributed by atoms with van der Waals surface area (Å²) in [6, 6.07) is 6.11. The Morgan fingerprint density at radius 3 is 2.35 bits per heavy atom. The quantitative estimate of drug-likeness (QED) is 0.886. The maximum Gasteiger partial charge on any atom is 0.471 e. The minimum absolute atomic E-state index is 0.101. The van der Waals surface area contributed by atoms with Gasteiger partial charge in [-0.15, -0.1) is 0 Å². The van der Waals surface area contributed by atoms with Gasteiger partial charge in [0.15, 0.2) is 0 Å². The summed E-state index contributed by atoms with van der Waals surface area (Å²) in [5, 5.41) is 3.27. The molecule has 0 aliphatic heterocycles. The molecule has 0 atom stereocenters. The highest BCUT2D eigenvalue weighted by atomic mass is 32.2. The molecule has 0 aliphatic rings. The van der Waals surface area contributed by atoms with Crippen molar-refractivity contribution in [1.82, 2.24) is 19.2 Å². The van der Waals surface area contributed by atoms with Gasteiger partial charge in [0.2, 0.25) is 5.82 Å². The molecule has 0 radical (unpaired) electrons. The average molecular weight is 350 g/mol. The van der Waals surface area contributed by atoms with Crippen LogP contribution in [-0.4, -0.2) is 37.0 Å². The normalized spacial score (nSPS) is 12.8. The van der Waals surface area contributed by atoms with Crippen LogP contribution >= 0.6 is 0 Å². The molecule has 1 aromatic carbocycles. The number of rotatable bonds is 5. The third-order valence-electron chi connectivity index (χ3n) is 2.95. The topological polar surface area (TPSA) is 88.3 Å². The summed E-state index contributed by atoms with van der Waals surface area (Å²) in [6.45, 7) is 0.101. The SMILES string of the molecule is CNS(=O)(=O)N(C)Cc1ccc(-c2noc(C(F)(F)F)n2)cc1. The summed E-state index contributed by atoms with van der Waals surface area (Å²) in [4.78, 5) is 3.28. The minimum Gasteiger partial charge on any atom is -0.329 e. The zero-order chi connectivity index (χ0) is 17.3. The van der Waals surface area contributed by atoms with Gasteiger partial charge in [-0.25, -0.2) is 4.72 Å². The van der Waals surface area contributed by atoms with E-state index in [2.05, 4.69) is 19.4 Å². The fourth-order valence-corrected chi connectivity index (χ4v) is 2.34. The Labute approximate surface area is 130 Å². The second-order valence-electron chi connectivity index (χ2n) is 4.58. The fourth-order valence-electron chi connectivity index (χ4n) is 1.71. The lowest BCUT2D eigenvalue weighted by atomic mass is 10.1. The Balaban J connectivity index is 2.15. The van der Waals surface area contributed by atoms with Crippen molar-refractivity contribution in [2.24, 2.45) is 0 Å². The number of alkyl halides is 3. The van der Waals surface area contributed by atoms with Gasteiger partial charge in [-0.2, -0.15) is 30.9 Å². The highest BCUT2D eigenvalue weighted by Crippen LogP contribution is 2.29. The van der Waals surface area contributed by atoms with E-state index in [0.29, 0.717) is 11.1 Å². The lowest BCUT2D eigenvalue weighted by molar-refractivity contribution is -0.159. The summed E-state index contributed by atoms with van der Waals surface area (Å²) in [5.74, 6) is -1.61. The second-order valence-corrected chi connectivity index (χ2v) is 6.56. The van der Waals surface area contributed by atoms with E-state index >= 15 is 0 Å². The summed E-state index contributed by atoms with van der Waals surface area (Å²) in [5.41, 5.74) is 0.974. The second kappa shape index (κ2) is 6.26. The summed E-state index contributed by atoms with van der Waals surface area (Å²) in [6.07, 6.45) is -4.70. The van der Waals surface area contributed by atoms with Crippen LogP contribution < -0.4 is 4.72 Å². The first-order valence-corrected chi connectivity index (χ1v) is 7.72. The van der Waals surface area contributed by atoms with Gasteiger partial charge in [0.05, 0.1) is 0 Å². The molecule has 0 fully saturated rings. The van der Waals surface area contributed by atoms with Crippen LogP contribution in [0.4, 0.5) is 13.2 Å². The summed E-state index contributed by atoms with van der Waals surface area (Å²) >= 11 is 0. The molecule has 0 saturated carbocycles. The van der Waals surface area contributed by atoms with Crippen LogP contribution in [-0.2, 0) is 22.9 Å². The van der Waals surface area contributed by atoms with Gasteiger partial charge in [0, 0.05) is 26.2 Å². The molecule has 0 unspecified atom stereocenters. The van der Waals surface area contributed by atoms with Crippen molar-refractivity contribution in [3.63, 3.8) is 0 Å². The zero-order valence-electron chi connectivity index (χ0n) is 12.1. The maximum atomic E-state index is 12.4. The van der Waals surface area contributed by atoms with Gasteiger partial charge >= 0.3 is 12.1 Å². The molecule has 0 amide bonds. The molecule has 126 valence electrons. The van der Waals surface area contributed by atoms with E-state index in [9.17, 15) is 21.6 Å². The van der Waals surface area contributed by atoms with Crippen molar-refractivity contribution in [3.8, 4) is 11.4 Å². The number of benzene rings is 1. The zero-order valence-corrected chi connectivity index (χ0v) is 12.9. The Morgan fingerprint density at radius 1 is 1.26 bits per heavy atom. The van der Waals surface area contributed by atoms with Crippen molar-refractivity contribution in [2.75, 3.05) is 14.1 Å². The van der Waals surface area contributed by atoms with Gasteiger partial charge in [-0.05, 0) is 5.56 Å². The Hall–Kier alpha value is -1.98. The standard InChI is InChI=1S/C12H13F3N4O3S/c1-16-23(20,21)19(2)7-8-3-5-9(6-4-8)10-17-11(22-18-10)12(13,14)15/h3-6,16H,7H2,1-2H3. The van der Waals surface area contributed by atoms with Crippen molar-refractivity contribution in [2.45, 2.75) is 12.7 Å². The van der Waals surface area contributed by atoms with Crippen molar-refractivity contribution in [1.29, 1.82) is 0 Å². The van der Waals surface area contributed by atoms with Gasteiger partial charge < -0.3 is 4.52 Å². The number of hydrogen-bond acceptors (Lipinski definition) is 5. The molecule has 2 rings (SSSR count).